The Kier molecular flexibility index (Phi) is 4.44. The highest BCUT2D eigenvalue weighted by Gasteiger charge is 2.44. The Hall–Kier alpha value is -2.20. The van der Waals surface area contributed by atoms with Gasteiger partial charge in [-0.15, -0.1) is 0 Å². The number of hydrogen-bond donors (Lipinski definition) is 2. The minimum absolute atomic E-state index is 0.0443. The van der Waals surface area contributed by atoms with Gasteiger partial charge in [-0.1, -0.05) is 35.9 Å². The number of carbonyl (C=O) groups is 1. The van der Waals surface area contributed by atoms with E-state index in [0.717, 1.165) is 17.9 Å². The average molecular weight is 331 g/mol. The number of urea groups is 1. The SMILES string of the molecule is COc1ccccc1NC(=O)NCC1(c2ccc(Cl)cc2)CC1. The molecule has 1 aliphatic rings. The van der Waals surface area contributed by atoms with E-state index in [1.165, 1.54) is 5.56 Å². The summed E-state index contributed by atoms with van der Waals surface area (Å²) >= 11 is 5.94. The summed E-state index contributed by atoms with van der Waals surface area (Å²) in [5.74, 6) is 0.640. The van der Waals surface area contributed by atoms with Crippen LogP contribution in [0.25, 0.3) is 0 Å². The van der Waals surface area contributed by atoms with E-state index in [2.05, 4.69) is 10.6 Å². The zero-order chi connectivity index (χ0) is 16.3. The molecule has 0 aromatic heterocycles. The zero-order valence-electron chi connectivity index (χ0n) is 12.9. The van der Waals surface area contributed by atoms with Gasteiger partial charge in [0.2, 0.25) is 0 Å². The van der Waals surface area contributed by atoms with Gasteiger partial charge in [-0.2, -0.15) is 0 Å². The van der Waals surface area contributed by atoms with Crippen LogP contribution in [0.5, 0.6) is 5.75 Å². The van der Waals surface area contributed by atoms with Gasteiger partial charge in [0.25, 0.3) is 0 Å². The van der Waals surface area contributed by atoms with Gasteiger partial charge in [0, 0.05) is 17.0 Å². The Labute approximate surface area is 140 Å². The summed E-state index contributed by atoms with van der Waals surface area (Å²) < 4.78 is 5.23. The maximum Gasteiger partial charge on any atom is 0.319 e. The van der Waals surface area contributed by atoms with Gasteiger partial charge in [0.15, 0.2) is 0 Å². The van der Waals surface area contributed by atoms with Crippen LogP contribution in [0.4, 0.5) is 10.5 Å². The average Bonchev–Trinajstić information content (AvgIpc) is 3.35. The number of benzene rings is 2. The van der Waals surface area contributed by atoms with E-state index >= 15 is 0 Å². The molecule has 0 unspecified atom stereocenters. The number of para-hydroxylation sites is 2. The standard InChI is InChI=1S/C18H19ClN2O2/c1-23-16-5-3-2-4-15(16)21-17(22)20-12-18(10-11-18)13-6-8-14(19)9-7-13/h2-9H,10-12H2,1H3,(H2,20,21,22). The molecular formula is C18H19ClN2O2. The predicted octanol–water partition coefficient (Wildman–Crippen LogP) is 4.20. The van der Waals surface area contributed by atoms with Crippen LogP contribution in [-0.2, 0) is 5.41 Å². The molecule has 2 aromatic carbocycles. The van der Waals surface area contributed by atoms with Crippen molar-refractivity contribution in [1.82, 2.24) is 5.32 Å². The number of rotatable bonds is 5. The fourth-order valence-corrected chi connectivity index (χ4v) is 2.81. The molecule has 2 N–H and O–H groups in total. The maximum atomic E-state index is 12.1. The van der Waals surface area contributed by atoms with E-state index in [0.29, 0.717) is 18.0 Å². The van der Waals surface area contributed by atoms with E-state index in [1.807, 2.05) is 48.5 Å². The summed E-state index contributed by atoms with van der Waals surface area (Å²) in [5, 5.41) is 6.51. The number of nitrogens with one attached hydrogen (secondary N) is 2. The van der Waals surface area contributed by atoms with E-state index < -0.39 is 0 Å². The molecule has 0 atom stereocenters. The van der Waals surface area contributed by atoms with Crippen LogP contribution < -0.4 is 15.4 Å². The third kappa shape index (κ3) is 3.59. The lowest BCUT2D eigenvalue weighted by atomic mass is 9.96. The van der Waals surface area contributed by atoms with Crippen molar-refractivity contribution in [2.75, 3.05) is 19.0 Å². The van der Waals surface area contributed by atoms with Gasteiger partial charge in [0.05, 0.1) is 12.8 Å². The number of methoxy groups -OCH3 is 1. The summed E-state index contributed by atoms with van der Waals surface area (Å²) in [7, 11) is 1.58. The number of amides is 2. The van der Waals surface area contributed by atoms with E-state index in [-0.39, 0.29) is 11.4 Å². The van der Waals surface area contributed by atoms with Crippen molar-refractivity contribution in [3.8, 4) is 5.75 Å². The summed E-state index contributed by atoms with van der Waals surface area (Å²) in [5.41, 5.74) is 1.92. The molecule has 2 aromatic rings. The van der Waals surface area contributed by atoms with Crippen molar-refractivity contribution in [2.24, 2.45) is 0 Å². The van der Waals surface area contributed by atoms with Gasteiger partial charge < -0.3 is 15.4 Å². The second kappa shape index (κ2) is 6.50. The minimum atomic E-state index is -0.227. The summed E-state index contributed by atoms with van der Waals surface area (Å²) in [4.78, 5) is 12.1. The van der Waals surface area contributed by atoms with Gasteiger partial charge in [0.1, 0.15) is 5.75 Å². The molecule has 0 saturated heterocycles. The fraction of sp³-hybridized carbons (Fsp3) is 0.278. The highest BCUT2D eigenvalue weighted by Crippen LogP contribution is 2.47. The van der Waals surface area contributed by atoms with Crippen LogP contribution in [0.15, 0.2) is 48.5 Å². The summed E-state index contributed by atoms with van der Waals surface area (Å²) in [6.45, 7) is 0.607. The van der Waals surface area contributed by atoms with Crippen molar-refractivity contribution >= 4 is 23.3 Å². The molecule has 1 saturated carbocycles. The van der Waals surface area contributed by atoms with Crippen LogP contribution >= 0.6 is 11.6 Å². The molecule has 0 bridgehead atoms. The van der Waals surface area contributed by atoms with E-state index in [4.69, 9.17) is 16.3 Å². The van der Waals surface area contributed by atoms with Gasteiger partial charge in [-0.05, 0) is 42.7 Å². The third-order valence-electron chi connectivity index (χ3n) is 4.25. The highest BCUT2D eigenvalue weighted by molar-refractivity contribution is 6.30. The molecule has 0 spiro atoms. The number of ether oxygens (including phenoxy) is 1. The number of carbonyl (C=O) groups excluding carboxylic acids is 1. The molecular weight excluding hydrogens is 312 g/mol. The Balaban J connectivity index is 1.60. The lowest BCUT2D eigenvalue weighted by Gasteiger charge is -2.17. The molecule has 0 radical (unpaired) electrons. The molecule has 23 heavy (non-hydrogen) atoms. The quantitative estimate of drug-likeness (QED) is 0.863. The van der Waals surface area contributed by atoms with Crippen molar-refractivity contribution in [1.29, 1.82) is 0 Å². The minimum Gasteiger partial charge on any atom is -0.495 e. The zero-order valence-corrected chi connectivity index (χ0v) is 13.7. The monoisotopic (exact) mass is 330 g/mol. The van der Waals surface area contributed by atoms with Crippen molar-refractivity contribution < 1.29 is 9.53 Å². The van der Waals surface area contributed by atoms with E-state index in [1.54, 1.807) is 7.11 Å². The fourth-order valence-electron chi connectivity index (χ4n) is 2.69. The first kappa shape index (κ1) is 15.7. The van der Waals surface area contributed by atoms with E-state index in [9.17, 15) is 4.79 Å². The lowest BCUT2D eigenvalue weighted by molar-refractivity contribution is 0.251. The van der Waals surface area contributed by atoms with Gasteiger partial charge in [-0.25, -0.2) is 4.79 Å². The topological polar surface area (TPSA) is 50.4 Å². The second-order valence-corrected chi connectivity index (χ2v) is 6.23. The maximum absolute atomic E-state index is 12.1. The van der Waals surface area contributed by atoms with Crippen LogP contribution in [0.3, 0.4) is 0 Å². The Morgan fingerprint density at radius 3 is 2.52 bits per heavy atom. The molecule has 0 heterocycles. The third-order valence-corrected chi connectivity index (χ3v) is 4.50. The van der Waals surface area contributed by atoms with Crippen LogP contribution in [-0.4, -0.2) is 19.7 Å². The van der Waals surface area contributed by atoms with Gasteiger partial charge >= 0.3 is 6.03 Å². The first-order valence-electron chi connectivity index (χ1n) is 7.57. The number of halogens is 1. The second-order valence-electron chi connectivity index (χ2n) is 5.80. The largest absolute Gasteiger partial charge is 0.495 e. The molecule has 1 aliphatic carbocycles. The summed E-state index contributed by atoms with van der Waals surface area (Å²) in [6, 6.07) is 15.0. The number of anilines is 1. The predicted molar refractivity (Wildman–Crippen MR) is 92.4 cm³/mol. The van der Waals surface area contributed by atoms with Crippen LogP contribution in [0, 0.1) is 0 Å². The van der Waals surface area contributed by atoms with Gasteiger partial charge in [-0.3, -0.25) is 0 Å². The molecule has 5 heteroatoms. The smallest absolute Gasteiger partial charge is 0.319 e. The molecule has 2 amide bonds. The molecule has 3 rings (SSSR count). The molecule has 1 fully saturated rings. The Bertz CT molecular complexity index is 696. The van der Waals surface area contributed by atoms with Crippen LogP contribution in [0.2, 0.25) is 5.02 Å². The van der Waals surface area contributed by atoms with Crippen molar-refractivity contribution in [3.63, 3.8) is 0 Å². The first-order chi connectivity index (χ1) is 11.1. The normalized spacial score (nSPS) is 14.9. The lowest BCUT2D eigenvalue weighted by Crippen LogP contribution is -2.35. The number of hydrogen-bond acceptors (Lipinski definition) is 2. The highest BCUT2D eigenvalue weighted by atomic mass is 35.5. The Morgan fingerprint density at radius 2 is 1.87 bits per heavy atom. The molecule has 4 nitrogen and oxygen atoms in total. The summed E-state index contributed by atoms with van der Waals surface area (Å²) in [6.07, 6.45) is 2.15. The van der Waals surface area contributed by atoms with Crippen LogP contribution in [0.1, 0.15) is 18.4 Å². The molecule has 120 valence electrons. The Morgan fingerprint density at radius 1 is 1.17 bits per heavy atom. The first-order valence-corrected chi connectivity index (χ1v) is 7.95. The molecule has 0 aliphatic heterocycles. The van der Waals surface area contributed by atoms with Crippen molar-refractivity contribution in [3.05, 3.63) is 59.1 Å². The van der Waals surface area contributed by atoms with Crippen molar-refractivity contribution in [2.45, 2.75) is 18.3 Å².